The van der Waals surface area contributed by atoms with Crippen LogP contribution >= 0.6 is 0 Å². The summed E-state index contributed by atoms with van der Waals surface area (Å²) < 4.78 is 5.68. The normalized spacial score (nSPS) is 25.6. The molecule has 2 aliphatic carbocycles. The molecule has 0 radical (unpaired) electrons. The zero-order valence-electron chi connectivity index (χ0n) is 20.0. The van der Waals surface area contributed by atoms with Crippen LogP contribution in [0.25, 0.3) is 11.1 Å². The molecular weight excluding hydrogens is 444 g/mol. The molecule has 4 atom stereocenters. The highest BCUT2D eigenvalue weighted by molar-refractivity contribution is 5.86. The maximum atomic E-state index is 13.1. The Morgan fingerprint density at radius 2 is 1.66 bits per heavy atom. The summed E-state index contributed by atoms with van der Waals surface area (Å²) in [5, 5.41) is 12.5. The first-order valence-electron chi connectivity index (χ1n) is 12.6. The van der Waals surface area contributed by atoms with Crippen LogP contribution < -0.4 is 5.32 Å². The molecule has 3 aliphatic rings. The summed E-state index contributed by atoms with van der Waals surface area (Å²) in [7, 11) is 0. The minimum atomic E-state index is -0.938. The lowest BCUT2D eigenvalue weighted by Gasteiger charge is -2.33. The van der Waals surface area contributed by atoms with Crippen molar-refractivity contribution in [2.45, 2.75) is 57.0 Å². The van der Waals surface area contributed by atoms with Crippen LogP contribution in [0.5, 0.6) is 0 Å². The summed E-state index contributed by atoms with van der Waals surface area (Å²) in [6, 6.07) is 15.5. The molecule has 7 nitrogen and oxygen atoms in total. The van der Waals surface area contributed by atoms with E-state index >= 15 is 0 Å². The molecule has 1 saturated carbocycles. The molecule has 2 amide bonds. The first-order chi connectivity index (χ1) is 16.9. The van der Waals surface area contributed by atoms with Gasteiger partial charge in [-0.2, -0.15) is 0 Å². The van der Waals surface area contributed by atoms with Gasteiger partial charge in [-0.05, 0) is 53.9 Å². The Kier molecular flexibility index (Phi) is 6.50. The number of amides is 2. The zero-order chi connectivity index (χ0) is 24.5. The van der Waals surface area contributed by atoms with Crippen molar-refractivity contribution in [2.75, 3.05) is 13.2 Å². The molecular formula is C28H32N2O5. The number of likely N-dealkylation sites (tertiary alicyclic amines) is 1. The number of carboxylic acid groups (broad SMARTS) is 1. The van der Waals surface area contributed by atoms with Crippen LogP contribution in [0.4, 0.5) is 4.79 Å². The number of carbonyl (C=O) groups is 3. The second-order valence-corrected chi connectivity index (χ2v) is 10.1. The Labute approximate surface area is 205 Å². The first kappa shape index (κ1) is 23.4. The fourth-order valence-corrected chi connectivity index (χ4v) is 6.16. The number of fused-ring (bicyclic) bond motifs is 3. The van der Waals surface area contributed by atoms with E-state index in [-0.39, 0.29) is 36.3 Å². The number of hydrogen-bond donors (Lipinski definition) is 2. The first-order valence-corrected chi connectivity index (χ1v) is 12.6. The molecule has 2 aromatic rings. The van der Waals surface area contributed by atoms with E-state index in [4.69, 9.17) is 4.74 Å². The lowest BCUT2D eigenvalue weighted by molar-refractivity contribution is -0.151. The number of aliphatic carboxylic acids is 1. The van der Waals surface area contributed by atoms with Crippen molar-refractivity contribution in [1.82, 2.24) is 10.2 Å². The van der Waals surface area contributed by atoms with E-state index < -0.39 is 18.1 Å². The van der Waals surface area contributed by atoms with Crippen molar-refractivity contribution in [3.63, 3.8) is 0 Å². The van der Waals surface area contributed by atoms with E-state index in [0.717, 1.165) is 30.4 Å². The third-order valence-electron chi connectivity index (χ3n) is 7.93. The smallest absolute Gasteiger partial charge is 0.407 e. The predicted molar refractivity (Wildman–Crippen MR) is 131 cm³/mol. The summed E-state index contributed by atoms with van der Waals surface area (Å²) in [5.74, 6) is -1.35. The van der Waals surface area contributed by atoms with Crippen LogP contribution in [-0.4, -0.2) is 53.2 Å². The third kappa shape index (κ3) is 4.51. The van der Waals surface area contributed by atoms with Gasteiger partial charge < -0.3 is 20.1 Å². The summed E-state index contributed by atoms with van der Waals surface area (Å²) in [6.45, 7) is 2.62. The lowest BCUT2D eigenvalue weighted by atomic mass is 9.84. The molecule has 5 rings (SSSR count). The molecule has 0 bridgehead atoms. The zero-order valence-corrected chi connectivity index (χ0v) is 20.0. The van der Waals surface area contributed by atoms with Crippen LogP contribution in [0.2, 0.25) is 0 Å². The second kappa shape index (κ2) is 9.72. The number of hydrogen-bond acceptors (Lipinski definition) is 4. The van der Waals surface area contributed by atoms with E-state index in [0.29, 0.717) is 19.4 Å². The van der Waals surface area contributed by atoms with Crippen molar-refractivity contribution in [1.29, 1.82) is 0 Å². The Morgan fingerprint density at radius 1 is 1.00 bits per heavy atom. The summed E-state index contributed by atoms with van der Waals surface area (Å²) >= 11 is 0. The van der Waals surface area contributed by atoms with Gasteiger partial charge in [-0.1, -0.05) is 61.9 Å². The van der Waals surface area contributed by atoms with Gasteiger partial charge in [0.2, 0.25) is 5.91 Å². The number of nitrogens with zero attached hydrogens (tertiary/aromatic N) is 1. The fourth-order valence-electron chi connectivity index (χ4n) is 6.16. The van der Waals surface area contributed by atoms with E-state index in [2.05, 4.69) is 29.6 Å². The number of ether oxygens (including phenoxy) is 1. The summed E-state index contributed by atoms with van der Waals surface area (Å²) in [5.41, 5.74) is 4.69. The number of carbonyl (C=O) groups excluding carboxylic acids is 2. The van der Waals surface area contributed by atoms with Gasteiger partial charge in [0.1, 0.15) is 12.6 Å². The van der Waals surface area contributed by atoms with Crippen LogP contribution in [-0.2, 0) is 14.3 Å². The van der Waals surface area contributed by atoms with Crippen molar-refractivity contribution in [3.05, 3.63) is 59.7 Å². The lowest BCUT2D eigenvalue weighted by Crippen LogP contribution is -2.48. The molecule has 0 aromatic heterocycles. The third-order valence-corrected chi connectivity index (χ3v) is 7.93. The Balaban J connectivity index is 1.18. The van der Waals surface area contributed by atoms with E-state index in [1.165, 1.54) is 16.0 Å². The number of rotatable bonds is 5. The minimum Gasteiger partial charge on any atom is -0.480 e. The molecule has 7 heteroatoms. The molecule has 35 heavy (non-hydrogen) atoms. The van der Waals surface area contributed by atoms with Gasteiger partial charge in [-0.3, -0.25) is 4.79 Å². The highest BCUT2D eigenvalue weighted by Gasteiger charge is 2.42. The van der Waals surface area contributed by atoms with Crippen LogP contribution in [0.1, 0.15) is 56.1 Å². The summed E-state index contributed by atoms with van der Waals surface area (Å²) in [4.78, 5) is 39.1. The van der Waals surface area contributed by atoms with E-state index in [9.17, 15) is 19.5 Å². The van der Waals surface area contributed by atoms with Gasteiger partial charge in [0, 0.05) is 24.4 Å². The quantitative estimate of drug-likeness (QED) is 0.667. The standard InChI is InChI=1S/C28H32N2O5/c1-17-13-14-30(25(17)27(32)33)26(31)18-7-6-8-19(15-18)29-28(34)35-16-24-22-11-4-2-9-20(22)21-10-3-5-12-23(21)24/h2-5,9-12,17-19,24-25H,6-8,13-16H2,1H3,(H,29,34)(H,32,33)/t17?,18-,19-,25?/m1/s1. The maximum Gasteiger partial charge on any atom is 0.407 e. The Hall–Kier alpha value is -3.35. The van der Waals surface area contributed by atoms with Crippen molar-refractivity contribution < 1.29 is 24.2 Å². The van der Waals surface area contributed by atoms with Gasteiger partial charge >= 0.3 is 12.1 Å². The van der Waals surface area contributed by atoms with Crippen molar-refractivity contribution in [2.24, 2.45) is 11.8 Å². The monoisotopic (exact) mass is 476 g/mol. The average Bonchev–Trinajstić information content (AvgIpc) is 3.40. The second-order valence-electron chi connectivity index (χ2n) is 10.1. The number of nitrogens with one attached hydrogen (secondary N) is 1. The molecule has 1 aliphatic heterocycles. The highest BCUT2D eigenvalue weighted by atomic mass is 16.5. The number of alkyl carbamates (subject to hydrolysis) is 1. The van der Waals surface area contributed by atoms with Crippen LogP contribution in [0, 0.1) is 11.8 Å². The van der Waals surface area contributed by atoms with Gasteiger partial charge in [0.05, 0.1) is 0 Å². The molecule has 2 N–H and O–H groups in total. The van der Waals surface area contributed by atoms with Gasteiger partial charge in [-0.25, -0.2) is 9.59 Å². The predicted octanol–water partition coefficient (Wildman–Crippen LogP) is 4.41. The average molecular weight is 477 g/mol. The Bertz CT molecular complexity index is 1090. The van der Waals surface area contributed by atoms with Crippen molar-refractivity contribution >= 4 is 18.0 Å². The summed E-state index contributed by atoms with van der Waals surface area (Å²) in [6.07, 6.45) is 3.07. The molecule has 2 aromatic carbocycles. The fraction of sp³-hybridized carbons (Fsp3) is 0.464. The van der Waals surface area contributed by atoms with Crippen LogP contribution in [0.15, 0.2) is 48.5 Å². The van der Waals surface area contributed by atoms with Gasteiger partial charge in [0.15, 0.2) is 0 Å². The van der Waals surface area contributed by atoms with Gasteiger partial charge in [-0.15, -0.1) is 0 Å². The largest absolute Gasteiger partial charge is 0.480 e. The van der Waals surface area contributed by atoms with E-state index in [1.54, 1.807) is 0 Å². The SMILES string of the molecule is CC1CCN(C(=O)[C@@H]2CCC[C@@H](NC(=O)OCC3c4ccccc4-c4ccccc43)C2)C1C(=O)O. The molecule has 0 spiro atoms. The van der Waals surface area contributed by atoms with Gasteiger partial charge in [0.25, 0.3) is 0 Å². The Morgan fingerprint density at radius 3 is 2.31 bits per heavy atom. The molecule has 2 unspecified atom stereocenters. The highest BCUT2D eigenvalue weighted by Crippen LogP contribution is 2.44. The molecule has 1 heterocycles. The number of carboxylic acids is 1. The van der Waals surface area contributed by atoms with E-state index in [1.807, 2.05) is 31.2 Å². The topological polar surface area (TPSA) is 95.9 Å². The minimum absolute atomic E-state index is 0.000981. The van der Waals surface area contributed by atoms with Crippen LogP contribution in [0.3, 0.4) is 0 Å². The maximum absolute atomic E-state index is 13.1. The molecule has 2 fully saturated rings. The molecule has 184 valence electrons. The van der Waals surface area contributed by atoms with Crippen molar-refractivity contribution in [3.8, 4) is 11.1 Å². The molecule has 1 saturated heterocycles. The number of benzene rings is 2.